The van der Waals surface area contributed by atoms with Gasteiger partial charge in [-0.3, -0.25) is 4.79 Å². The van der Waals surface area contributed by atoms with Gasteiger partial charge < -0.3 is 24.4 Å². The number of carbonyl (C=O) groups excluding carboxylic acids is 1. The maximum Gasteiger partial charge on any atom is 0.262 e. The van der Waals surface area contributed by atoms with Gasteiger partial charge in [-0.05, 0) is 43.7 Å². The minimum Gasteiger partial charge on any atom is -0.497 e. The van der Waals surface area contributed by atoms with Crippen LogP contribution in [0, 0.1) is 0 Å². The second-order valence-electron chi connectivity index (χ2n) is 6.29. The molecule has 1 atom stereocenters. The second-order valence-corrected chi connectivity index (χ2v) is 6.29. The first-order valence-electron chi connectivity index (χ1n) is 8.96. The van der Waals surface area contributed by atoms with Gasteiger partial charge in [-0.1, -0.05) is 12.1 Å². The maximum atomic E-state index is 12.0. The van der Waals surface area contributed by atoms with Crippen molar-refractivity contribution >= 4 is 11.6 Å². The lowest BCUT2D eigenvalue weighted by Crippen LogP contribution is -2.35. The predicted molar refractivity (Wildman–Crippen MR) is 107 cm³/mol. The Labute approximate surface area is 161 Å². The molecule has 0 saturated carbocycles. The Bertz CT molecular complexity index is 762. The van der Waals surface area contributed by atoms with E-state index < -0.39 is 6.10 Å². The lowest BCUT2D eigenvalue weighted by molar-refractivity contribution is -0.135. The molecule has 146 valence electrons. The Morgan fingerprint density at radius 1 is 1.15 bits per heavy atom. The van der Waals surface area contributed by atoms with Gasteiger partial charge in [-0.2, -0.15) is 0 Å². The van der Waals surface area contributed by atoms with Crippen LogP contribution < -0.4 is 19.5 Å². The number of nitrogens with one attached hydrogen (secondary N) is 1. The molecule has 0 radical (unpaired) electrons. The summed E-state index contributed by atoms with van der Waals surface area (Å²) < 4.78 is 16.8. The number of likely N-dealkylation sites (N-methyl/N-ethyl adjacent to an activating group) is 1. The van der Waals surface area contributed by atoms with Crippen molar-refractivity contribution in [2.24, 2.45) is 0 Å². The van der Waals surface area contributed by atoms with Crippen LogP contribution in [0.15, 0.2) is 42.5 Å². The molecule has 1 amide bonds. The molecule has 6 nitrogen and oxygen atoms in total. The molecule has 0 heterocycles. The van der Waals surface area contributed by atoms with Gasteiger partial charge >= 0.3 is 0 Å². The third kappa shape index (κ3) is 5.81. The van der Waals surface area contributed by atoms with Gasteiger partial charge in [0.1, 0.15) is 5.75 Å². The van der Waals surface area contributed by atoms with E-state index in [0.29, 0.717) is 24.7 Å². The highest BCUT2D eigenvalue weighted by Crippen LogP contribution is 2.30. The van der Waals surface area contributed by atoms with Crippen molar-refractivity contribution in [1.29, 1.82) is 0 Å². The molecule has 0 saturated heterocycles. The largest absolute Gasteiger partial charge is 0.497 e. The fourth-order valence-electron chi connectivity index (χ4n) is 2.57. The molecule has 0 aromatic heterocycles. The third-order valence-electron chi connectivity index (χ3n) is 3.97. The van der Waals surface area contributed by atoms with Gasteiger partial charge in [0.15, 0.2) is 17.6 Å². The van der Waals surface area contributed by atoms with Crippen molar-refractivity contribution in [3.63, 3.8) is 0 Å². The minimum atomic E-state index is -0.583. The number of rotatable bonds is 9. The van der Waals surface area contributed by atoms with Gasteiger partial charge in [-0.15, -0.1) is 0 Å². The van der Waals surface area contributed by atoms with E-state index in [0.717, 1.165) is 17.0 Å². The first kappa shape index (κ1) is 20.4. The van der Waals surface area contributed by atoms with E-state index in [1.807, 2.05) is 49.4 Å². The number of anilines is 1. The molecule has 6 heteroatoms. The van der Waals surface area contributed by atoms with Crippen molar-refractivity contribution in [1.82, 2.24) is 4.90 Å². The summed E-state index contributed by atoms with van der Waals surface area (Å²) in [5, 5.41) is 3.36. The fourth-order valence-corrected chi connectivity index (χ4v) is 2.57. The molecule has 1 N–H and O–H groups in total. The van der Waals surface area contributed by atoms with E-state index in [1.165, 1.54) is 4.90 Å². The summed E-state index contributed by atoms with van der Waals surface area (Å²) >= 11 is 0. The van der Waals surface area contributed by atoms with Crippen LogP contribution in [-0.4, -0.2) is 44.7 Å². The van der Waals surface area contributed by atoms with Crippen LogP contribution in [0.25, 0.3) is 0 Å². The average Bonchev–Trinajstić information content (AvgIpc) is 2.67. The molecule has 0 spiro atoms. The third-order valence-corrected chi connectivity index (χ3v) is 3.97. The highest BCUT2D eigenvalue weighted by atomic mass is 16.5. The predicted octanol–water partition coefficient (Wildman–Crippen LogP) is 3.56. The number of benzene rings is 2. The number of carbonyl (C=O) groups is 1. The van der Waals surface area contributed by atoms with E-state index >= 15 is 0 Å². The molecule has 2 aromatic carbocycles. The minimum absolute atomic E-state index is 0.0961. The molecule has 0 aliphatic carbocycles. The summed E-state index contributed by atoms with van der Waals surface area (Å²) in [5.41, 5.74) is 2.01. The lowest BCUT2D eigenvalue weighted by Gasteiger charge is -2.20. The standard InChI is InChI=1S/C21H28N2O4/c1-6-26-20-12-16(14-22-17-8-7-9-18(13-17)25-5)10-11-19(20)27-15(2)21(24)23(3)4/h7-13,15,22H,6,14H2,1-5H3. The van der Waals surface area contributed by atoms with Crippen LogP contribution in [0.4, 0.5) is 5.69 Å². The number of hydrogen-bond donors (Lipinski definition) is 1. The summed E-state index contributed by atoms with van der Waals surface area (Å²) in [7, 11) is 5.06. The van der Waals surface area contributed by atoms with E-state index in [2.05, 4.69) is 5.32 Å². The Kier molecular flexibility index (Phi) is 7.34. The summed E-state index contributed by atoms with van der Waals surface area (Å²) in [6.07, 6.45) is -0.583. The van der Waals surface area contributed by atoms with E-state index in [1.54, 1.807) is 28.1 Å². The van der Waals surface area contributed by atoms with Crippen LogP contribution >= 0.6 is 0 Å². The molecule has 0 aliphatic rings. The summed E-state index contributed by atoms with van der Waals surface area (Å²) in [4.78, 5) is 13.5. The van der Waals surface area contributed by atoms with E-state index in [4.69, 9.17) is 14.2 Å². The maximum absolute atomic E-state index is 12.0. The van der Waals surface area contributed by atoms with Gasteiger partial charge in [-0.25, -0.2) is 0 Å². The highest BCUT2D eigenvalue weighted by Gasteiger charge is 2.18. The van der Waals surface area contributed by atoms with Gasteiger partial charge in [0.2, 0.25) is 0 Å². The quantitative estimate of drug-likeness (QED) is 0.729. The normalized spacial score (nSPS) is 11.4. The van der Waals surface area contributed by atoms with Crippen molar-refractivity contribution in [2.45, 2.75) is 26.5 Å². The number of hydrogen-bond acceptors (Lipinski definition) is 5. The van der Waals surface area contributed by atoms with Crippen molar-refractivity contribution in [3.05, 3.63) is 48.0 Å². The fraction of sp³-hybridized carbons (Fsp3) is 0.381. The van der Waals surface area contributed by atoms with Crippen LogP contribution in [0.3, 0.4) is 0 Å². The molecule has 2 aromatic rings. The second kappa shape index (κ2) is 9.71. The van der Waals surface area contributed by atoms with Crippen LogP contribution in [-0.2, 0) is 11.3 Å². The Hall–Kier alpha value is -2.89. The van der Waals surface area contributed by atoms with Crippen LogP contribution in [0.5, 0.6) is 17.2 Å². The van der Waals surface area contributed by atoms with Crippen molar-refractivity contribution < 1.29 is 19.0 Å². The van der Waals surface area contributed by atoms with E-state index in [9.17, 15) is 4.79 Å². The van der Waals surface area contributed by atoms with Crippen molar-refractivity contribution in [2.75, 3.05) is 33.1 Å². The Morgan fingerprint density at radius 3 is 2.59 bits per heavy atom. The number of methoxy groups -OCH3 is 1. The summed E-state index contributed by atoms with van der Waals surface area (Å²) in [6.45, 7) is 4.79. The van der Waals surface area contributed by atoms with Crippen LogP contribution in [0.1, 0.15) is 19.4 Å². The topological polar surface area (TPSA) is 60.0 Å². The molecule has 27 heavy (non-hydrogen) atoms. The molecular formula is C21H28N2O4. The molecule has 0 aliphatic heterocycles. The molecule has 0 fully saturated rings. The van der Waals surface area contributed by atoms with Crippen LogP contribution in [0.2, 0.25) is 0 Å². The lowest BCUT2D eigenvalue weighted by atomic mass is 10.2. The number of amides is 1. The number of nitrogens with zero attached hydrogens (tertiary/aromatic N) is 1. The Balaban J connectivity index is 2.10. The zero-order valence-electron chi connectivity index (χ0n) is 16.6. The van der Waals surface area contributed by atoms with Gasteiger partial charge in [0.05, 0.1) is 13.7 Å². The first-order valence-corrected chi connectivity index (χ1v) is 8.96. The molecule has 0 bridgehead atoms. The summed E-state index contributed by atoms with van der Waals surface area (Å²) in [6, 6.07) is 13.5. The summed E-state index contributed by atoms with van der Waals surface area (Å²) in [5.74, 6) is 1.89. The van der Waals surface area contributed by atoms with Gasteiger partial charge in [0, 0.05) is 32.4 Å². The monoisotopic (exact) mass is 372 g/mol. The molecule has 2 rings (SSSR count). The zero-order valence-corrected chi connectivity index (χ0v) is 16.6. The SMILES string of the molecule is CCOc1cc(CNc2cccc(OC)c2)ccc1OC(C)C(=O)N(C)C. The molecular weight excluding hydrogens is 344 g/mol. The zero-order chi connectivity index (χ0) is 19.8. The first-order chi connectivity index (χ1) is 12.9. The van der Waals surface area contributed by atoms with Gasteiger partial charge in [0.25, 0.3) is 5.91 Å². The number of ether oxygens (including phenoxy) is 3. The molecule has 1 unspecified atom stereocenters. The smallest absolute Gasteiger partial charge is 0.262 e. The van der Waals surface area contributed by atoms with E-state index in [-0.39, 0.29) is 5.91 Å². The Morgan fingerprint density at radius 2 is 1.93 bits per heavy atom. The van der Waals surface area contributed by atoms with Crippen molar-refractivity contribution in [3.8, 4) is 17.2 Å². The average molecular weight is 372 g/mol. The highest BCUT2D eigenvalue weighted by molar-refractivity contribution is 5.80.